The summed E-state index contributed by atoms with van der Waals surface area (Å²) in [7, 11) is 1.34. The highest BCUT2D eigenvalue weighted by Crippen LogP contribution is 2.15. The van der Waals surface area contributed by atoms with Gasteiger partial charge in [-0.25, -0.2) is 4.79 Å². The molecule has 2 rings (SSSR count). The van der Waals surface area contributed by atoms with E-state index in [-0.39, 0.29) is 5.91 Å². The minimum Gasteiger partial charge on any atom is -0.465 e. The maximum atomic E-state index is 11.9. The molecule has 2 aromatic carbocycles. The van der Waals surface area contributed by atoms with Crippen LogP contribution in [0, 0.1) is 0 Å². The number of esters is 1. The van der Waals surface area contributed by atoms with Crippen LogP contribution in [-0.4, -0.2) is 25.5 Å². The molecule has 0 heterocycles. The molecule has 2 N–H and O–H groups in total. The lowest BCUT2D eigenvalue weighted by molar-refractivity contribution is -0.121. The van der Waals surface area contributed by atoms with Crippen molar-refractivity contribution >= 4 is 29.2 Å². The molecule has 0 unspecified atom stereocenters. The molecular weight excluding hydrogens is 328 g/mol. The van der Waals surface area contributed by atoms with Crippen LogP contribution in [0.2, 0.25) is 5.02 Å². The number of carbonyl (C=O) groups is 2. The first kappa shape index (κ1) is 17.8. The first-order valence-electron chi connectivity index (χ1n) is 7.52. The van der Waals surface area contributed by atoms with E-state index in [0.717, 1.165) is 5.56 Å². The molecule has 126 valence electrons. The summed E-state index contributed by atoms with van der Waals surface area (Å²) in [6.45, 7) is 0.870. The fraction of sp³-hybridized carbons (Fsp3) is 0.222. The lowest BCUT2D eigenvalue weighted by Crippen LogP contribution is -2.25. The molecule has 0 aromatic heterocycles. The summed E-state index contributed by atoms with van der Waals surface area (Å²) in [6.07, 6.45) is 0.295. The van der Waals surface area contributed by atoms with Gasteiger partial charge in [0.25, 0.3) is 0 Å². The normalized spacial score (nSPS) is 10.1. The third-order valence-corrected chi connectivity index (χ3v) is 3.65. The number of anilines is 1. The van der Waals surface area contributed by atoms with Gasteiger partial charge in [-0.05, 0) is 29.8 Å². The second-order valence-electron chi connectivity index (χ2n) is 5.12. The van der Waals surface area contributed by atoms with Crippen LogP contribution in [0.1, 0.15) is 22.3 Å². The summed E-state index contributed by atoms with van der Waals surface area (Å²) in [5.74, 6) is -0.488. The molecule has 5 nitrogen and oxygen atoms in total. The van der Waals surface area contributed by atoms with Gasteiger partial charge in [-0.1, -0.05) is 35.9 Å². The summed E-state index contributed by atoms with van der Waals surface area (Å²) in [5, 5.41) is 6.59. The molecular formula is C18H19ClN2O3. The zero-order valence-corrected chi connectivity index (χ0v) is 14.1. The summed E-state index contributed by atoms with van der Waals surface area (Å²) in [4.78, 5) is 23.5. The van der Waals surface area contributed by atoms with Crippen LogP contribution in [0.5, 0.6) is 0 Å². The molecule has 24 heavy (non-hydrogen) atoms. The van der Waals surface area contributed by atoms with Gasteiger partial charge in [0.2, 0.25) is 5.91 Å². The molecule has 0 saturated carbocycles. The number of hydrogen-bond donors (Lipinski definition) is 2. The van der Waals surface area contributed by atoms with Crippen molar-refractivity contribution in [1.29, 1.82) is 0 Å². The minimum absolute atomic E-state index is 0.0759. The zero-order valence-electron chi connectivity index (χ0n) is 13.3. The van der Waals surface area contributed by atoms with Crippen molar-refractivity contribution in [3.05, 3.63) is 64.7 Å². The summed E-state index contributed by atoms with van der Waals surface area (Å²) in [6, 6.07) is 14.3. The number of halogens is 1. The molecule has 6 heteroatoms. The van der Waals surface area contributed by atoms with Crippen molar-refractivity contribution in [3.8, 4) is 0 Å². The average Bonchev–Trinajstić information content (AvgIpc) is 2.61. The monoisotopic (exact) mass is 346 g/mol. The van der Waals surface area contributed by atoms with Gasteiger partial charge in [0, 0.05) is 30.2 Å². The van der Waals surface area contributed by atoms with E-state index in [2.05, 4.69) is 10.6 Å². The molecule has 0 radical (unpaired) electrons. The standard InChI is InChI=1S/C18H19ClN2O3/c1-24-18(23)15-4-2-3-5-16(15)20-11-10-17(22)21-12-13-6-8-14(19)9-7-13/h2-9,20H,10-12H2,1H3,(H,21,22). The van der Waals surface area contributed by atoms with Crippen LogP contribution < -0.4 is 10.6 Å². The molecule has 0 spiro atoms. The molecule has 0 aliphatic rings. The fourth-order valence-electron chi connectivity index (χ4n) is 2.13. The van der Waals surface area contributed by atoms with Crippen molar-refractivity contribution in [2.45, 2.75) is 13.0 Å². The van der Waals surface area contributed by atoms with Gasteiger partial charge in [-0.15, -0.1) is 0 Å². The van der Waals surface area contributed by atoms with Crippen LogP contribution in [-0.2, 0) is 16.1 Å². The lowest BCUT2D eigenvalue weighted by Gasteiger charge is -2.11. The van der Waals surface area contributed by atoms with Gasteiger partial charge in [0.15, 0.2) is 0 Å². The molecule has 0 fully saturated rings. The maximum absolute atomic E-state index is 11.9. The number of carbonyl (C=O) groups excluding carboxylic acids is 2. The van der Waals surface area contributed by atoms with Crippen molar-refractivity contribution < 1.29 is 14.3 Å². The molecule has 2 aromatic rings. The Morgan fingerprint density at radius 2 is 1.79 bits per heavy atom. The quantitative estimate of drug-likeness (QED) is 0.755. The van der Waals surface area contributed by atoms with Gasteiger partial charge < -0.3 is 15.4 Å². The van der Waals surface area contributed by atoms with Gasteiger partial charge in [-0.2, -0.15) is 0 Å². The van der Waals surface area contributed by atoms with Crippen molar-refractivity contribution in [2.75, 3.05) is 19.0 Å². The predicted octanol–water partition coefficient (Wildman–Crippen LogP) is 3.25. The molecule has 0 bridgehead atoms. The topological polar surface area (TPSA) is 67.4 Å². The molecule has 0 saturated heterocycles. The number of methoxy groups -OCH3 is 1. The largest absolute Gasteiger partial charge is 0.465 e. The third kappa shape index (κ3) is 5.28. The molecule has 0 aliphatic heterocycles. The Balaban J connectivity index is 1.78. The number of rotatable bonds is 7. The summed E-state index contributed by atoms with van der Waals surface area (Å²) < 4.78 is 4.73. The minimum atomic E-state index is -0.412. The third-order valence-electron chi connectivity index (χ3n) is 3.40. The van der Waals surface area contributed by atoms with Crippen LogP contribution in [0.25, 0.3) is 0 Å². The number of benzene rings is 2. The highest BCUT2D eigenvalue weighted by molar-refractivity contribution is 6.30. The number of nitrogens with one attached hydrogen (secondary N) is 2. The molecule has 0 atom stereocenters. The van der Waals surface area contributed by atoms with Gasteiger partial charge >= 0.3 is 5.97 Å². The number of para-hydroxylation sites is 1. The summed E-state index contributed by atoms with van der Waals surface area (Å²) in [5.41, 5.74) is 2.08. The van der Waals surface area contributed by atoms with E-state index in [9.17, 15) is 9.59 Å². The fourth-order valence-corrected chi connectivity index (χ4v) is 2.25. The SMILES string of the molecule is COC(=O)c1ccccc1NCCC(=O)NCc1ccc(Cl)cc1. The van der Waals surface area contributed by atoms with E-state index in [0.29, 0.717) is 35.8 Å². The Labute approximate surface area is 146 Å². The van der Waals surface area contributed by atoms with E-state index < -0.39 is 5.97 Å². The van der Waals surface area contributed by atoms with E-state index in [4.69, 9.17) is 16.3 Å². The Bertz CT molecular complexity index is 702. The number of hydrogen-bond acceptors (Lipinski definition) is 4. The Hall–Kier alpha value is -2.53. The second kappa shape index (κ2) is 8.93. The van der Waals surface area contributed by atoms with Gasteiger partial charge in [-0.3, -0.25) is 4.79 Å². The van der Waals surface area contributed by atoms with Crippen LogP contribution >= 0.6 is 11.6 Å². The maximum Gasteiger partial charge on any atom is 0.339 e. The zero-order chi connectivity index (χ0) is 17.4. The van der Waals surface area contributed by atoms with Crippen LogP contribution in [0.15, 0.2) is 48.5 Å². The molecule has 1 amide bonds. The summed E-state index contributed by atoms with van der Waals surface area (Å²) >= 11 is 5.82. The Morgan fingerprint density at radius 1 is 1.08 bits per heavy atom. The lowest BCUT2D eigenvalue weighted by atomic mass is 10.1. The van der Waals surface area contributed by atoms with Gasteiger partial charge in [0.05, 0.1) is 12.7 Å². The van der Waals surface area contributed by atoms with E-state index in [1.165, 1.54) is 7.11 Å². The van der Waals surface area contributed by atoms with Gasteiger partial charge in [0.1, 0.15) is 0 Å². The van der Waals surface area contributed by atoms with Crippen molar-refractivity contribution in [1.82, 2.24) is 5.32 Å². The van der Waals surface area contributed by atoms with Crippen molar-refractivity contribution in [3.63, 3.8) is 0 Å². The van der Waals surface area contributed by atoms with Crippen molar-refractivity contribution in [2.24, 2.45) is 0 Å². The predicted molar refractivity (Wildman–Crippen MR) is 94.2 cm³/mol. The highest BCUT2D eigenvalue weighted by atomic mass is 35.5. The highest BCUT2D eigenvalue weighted by Gasteiger charge is 2.10. The van der Waals surface area contributed by atoms with Crippen LogP contribution in [0.3, 0.4) is 0 Å². The Morgan fingerprint density at radius 3 is 2.50 bits per heavy atom. The van der Waals surface area contributed by atoms with E-state index >= 15 is 0 Å². The van der Waals surface area contributed by atoms with E-state index in [1.807, 2.05) is 18.2 Å². The van der Waals surface area contributed by atoms with E-state index in [1.54, 1.807) is 30.3 Å². The first-order chi connectivity index (χ1) is 11.6. The average molecular weight is 347 g/mol. The van der Waals surface area contributed by atoms with Crippen LogP contribution in [0.4, 0.5) is 5.69 Å². The number of amides is 1. The first-order valence-corrected chi connectivity index (χ1v) is 7.90. The smallest absolute Gasteiger partial charge is 0.339 e. The number of ether oxygens (including phenoxy) is 1. The second-order valence-corrected chi connectivity index (χ2v) is 5.55. The molecule has 0 aliphatic carbocycles. The Kier molecular flexibility index (Phi) is 6.63.